The van der Waals surface area contributed by atoms with Crippen LogP contribution < -0.4 is 11.1 Å². The number of nitrogens with zero attached hydrogens (tertiary/aromatic N) is 2. The average Bonchev–Trinajstić information content (AvgIpc) is 2.35. The first-order valence-corrected chi connectivity index (χ1v) is 5.10. The Morgan fingerprint density at radius 2 is 2.19 bits per heavy atom. The third-order valence-corrected chi connectivity index (χ3v) is 2.42. The molecule has 2 rings (SSSR count). The third kappa shape index (κ3) is 2.11. The molecule has 0 spiro atoms. The Balaban J connectivity index is 2.30. The van der Waals surface area contributed by atoms with Crippen LogP contribution >= 0.6 is 0 Å². The zero-order valence-corrected chi connectivity index (χ0v) is 9.14. The number of pyridine rings is 1. The van der Waals surface area contributed by atoms with Gasteiger partial charge in [-0.15, -0.1) is 0 Å². The van der Waals surface area contributed by atoms with E-state index in [1.807, 2.05) is 30.3 Å². The number of hydrogen-bond acceptors (Lipinski definition) is 2. The van der Waals surface area contributed by atoms with Gasteiger partial charge in [0, 0.05) is 25.2 Å². The van der Waals surface area contributed by atoms with Gasteiger partial charge in [0.1, 0.15) is 0 Å². The molecule has 0 bridgehead atoms. The fourth-order valence-corrected chi connectivity index (χ4v) is 1.57. The summed E-state index contributed by atoms with van der Waals surface area (Å²) in [5.74, 6) is 0.438. The summed E-state index contributed by atoms with van der Waals surface area (Å²) in [6, 6.07) is 10.1. The fraction of sp³-hybridized carbons (Fsp3) is 0.167. The Morgan fingerprint density at radius 3 is 3.00 bits per heavy atom. The molecule has 0 radical (unpaired) electrons. The molecule has 0 saturated heterocycles. The second-order valence-electron chi connectivity index (χ2n) is 3.45. The van der Waals surface area contributed by atoms with E-state index in [0.29, 0.717) is 12.5 Å². The lowest BCUT2D eigenvalue weighted by atomic mass is 10.1. The van der Waals surface area contributed by atoms with Crippen molar-refractivity contribution in [1.82, 2.24) is 10.3 Å². The van der Waals surface area contributed by atoms with E-state index >= 15 is 0 Å². The number of benzene rings is 1. The SMILES string of the molecule is CN=C(N)NCc1cccc2cccnc12. The minimum Gasteiger partial charge on any atom is -0.370 e. The minimum absolute atomic E-state index is 0.438. The quantitative estimate of drug-likeness (QED) is 0.584. The molecule has 1 aromatic carbocycles. The Kier molecular flexibility index (Phi) is 3.00. The minimum atomic E-state index is 0.438. The van der Waals surface area contributed by atoms with E-state index < -0.39 is 0 Å². The summed E-state index contributed by atoms with van der Waals surface area (Å²) in [6.07, 6.45) is 1.79. The predicted molar refractivity (Wildman–Crippen MR) is 66.1 cm³/mol. The molecule has 0 saturated carbocycles. The number of aromatic nitrogens is 1. The number of guanidine groups is 1. The summed E-state index contributed by atoms with van der Waals surface area (Å²) in [5, 5.41) is 4.16. The van der Waals surface area contributed by atoms with Crippen molar-refractivity contribution in [2.24, 2.45) is 10.7 Å². The zero-order valence-electron chi connectivity index (χ0n) is 9.14. The molecule has 3 N–H and O–H groups in total. The van der Waals surface area contributed by atoms with E-state index in [9.17, 15) is 0 Å². The van der Waals surface area contributed by atoms with Gasteiger partial charge < -0.3 is 11.1 Å². The van der Waals surface area contributed by atoms with Crippen molar-refractivity contribution >= 4 is 16.9 Å². The van der Waals surface area contributed by atoms with Crippen molar-refractivity contribution in [2.45, 2.75) is 6.54 Å². The number of rotatable bonds is 2. The molecule has 0 aliphatic carbocycles. The van der Waals surface area contributed by atoms with Gasteiger partial charge in [0.15, 0.2) is 5.96 Å². The van der Waals surface area contributed by atoms with Gasteiger partial charge in [-0.3, -0.25) is 9.98 Å². The van der Waals surface area contributed by atoms with E-state index in [1.54, 1.807) is 13.2 Å². The van der Waals surface area contributed by atoms with Crippen molar-refractivity contribution < 1.29 is 0 Å². The molecule has 82 valence electrons. The molecule has 4 heteroatoms. The normalized spacial score (nSPS) is 11.7. The molecule has 1 aromatic heterocycles. The topological polar surface area (TPSA) is 63.3 Å². The molecule has 4 nitrogen and oxygen atoms in total. The maximum Gasteiger partial charge on any atom is 0.188 e. The van der Waals surface area contributed by atoms with Crippen LogP contribution in [0.15, 0.2) is 41.5 Å². The van der Waals surface area contributed by atoms with Crippen molar-refractivity contribution in [3.8, 4) is 0 Å². The fourth-order valence-electron chi connectivity index (χ4n) is 1.57. The van der Waals surface area contributed by atoms with Crippen LogP contribution in [0.3, 0.4) is 0 Å². The number of nitrogens with two attached hydrogens (primary N) is 1. The summed E-state index contributed by atoms with van der Waals surface area (Å²) >= 11 is 0. The Hall–Kier alpha value is -2.10. The monoisotopic (exact) mass is 214 g/mol. The van der Waals surface area contributed by atoms with Crippen LogP contribution in [0.25, 0.3) is 10.9 Å². The second-order valence-corrected chi connectivity index (χ2v) is 3.45. The van der Waals surface area contributed by atoms with Crippen molar-refractivity contribution in [3.63, 3.8) is 0 Å². The number of nitrogens with one attached hydrogen (secondary N) is 1. The van der Waals surface area contributed by atoms with E-state index in [4.69, 9.17) is 5.73 Å². The molecule has 2 aromatic rings. The van der Waals surface area contributed by atoms with Crippen molar-refractivity contribution in [2.75, 3.05) is 7.05 Å². The van der Waals surface area contributed by atoms with Gasteiger partial charge in [0.25, 0.3) is 0 Å². The largest absolute Gasteiger partial charge is 0.370 e. The number of aliphatic imine (C=N–C) groups is 1. The third-order valence-electron chi connectivity index (χ3n) is 2.42. The summed E-state index contributed by atoms with van der Waals surface area (Å²) in [5.41, 5.74) is 7.70. The number of hydrogen-bond donors (Lipinski definition) is 2. The van der Waals surface area contributed by atoms with Gasteiger partial charge in [0.05, 0.1) is 5.52 Å². The van der Waals surface area contributed by atoms with Crippen LogP contribution in [0.1, 0.15) is 5.56 Å². The standard InChI is InChI=1S/C12H14N4/c1-14-12(13)16-8-10-5-2-4-9-6-3-7-15-11(9)10/h2-7H,8H2,1H3,(H3,13,14,16). The molecular formula is C12H14N4. The van der Waals surface area contributed by atoms with E-state index in [0.717, 1.165) is 16.5 Å². The molecule has 0 aliphatic heterocycles. The lowest BCUT2D eigenvalue weighted by Crippen LogP contribution is -2.30. The van der Waals surface area contributed by atoms with Gasteiger partial charge in [0.2, 0.25) is 0 Å². The van der Waals surface area contributed by atoms with Crippen LogP contribution in [0, 0.1) is 0 Å². The summed E-state index contributed by atoms with van der Waals surface area (Å²) in [4.78, 5) is 8.21. The van der Waals surface area contributed by atoms with Gasteiger partial charge in [-0.25, -0.2) is 0 Å². The summed E-state index contributed by atoms with van der Waals surface area (Å²) in [7, 11) is 1.66. The number of para-hydroxylation sites is 1. The van der Waals surface area contributed by atoms with Crippen LogP contribution in [-0.4, -0.2) is 18.0 Å². The lowest BCUT2D eigenvalue weighted by Gasteiger charge is -2.07. The average molecular weight is 214 g/mol. The van der Waals surface area contributed by atoms with Crippen LogP contribution in [0.5, 0.6) is 0 Å². The first-order chi connectivity index (χ1) is 7.81. The zero-order chi connectivity index (χ0) is 11.4. The molecule has 1 heterocycles. The molecular weight excluding hydrogens is 200 g/mol. The highest BCUT2D eigenvalue weighted by Crippen LogP contribution is 2.15. The van der Waals surface area contributed by atoms with Gasteiger partial charge in [-0.1, -0.05) is 24.3 Å². The molecule has 0 amide bonds. The number of fused-ring (bicyclic) bond motifs is 1. The molecule has 0 aliphatic rings. The van der Waals surface area contributed by atoms with Crippen LogP contribution in [0.2, 0.25) is 0 Å². The Morgan fingerprint density at radius 1 is 1.38 bits per heavy atom. The smallest absolute Gasteiger partial charge is 0.188 e. The van der Waals surface area contributed by atoms with E-state index in [2.05, 4.69) is 15.3 Å². The first kappa shape index (κ1) is 10.4. The van der Waals surface area contributed by atoms with Crippen LogP contribution in [0.4, 0.5) is 0 Å². The predicted octanol–water partition coefficient (Wildman–Crippen LogP) is 1.27. The lowest BCUT2D eigenvalue weighted by molar-refractivity contribution is 0.905. The first-order valence-electron chi connectivity index (χ1n) is 5.10. The van der Waals surface area contributed by atoms with Gasteiger partial charge in [-0.2, -0.15) is 0 Å². The highest BCUT2D eigenvalue weighted by Gasteiger charge is 2.01. The molecule has 0 fully saturated rings. The summed E-state index contributed by atoms with van der Waals surface area (Å²) < 4.78 is 0. The van der Waals surface area contributed by atoms with E-state index in [1.165, 1.54) is 0 Å². The van der Waals surface area contributed by atoms with Crippen molar-refractivity contribution in [1.29, 1.82) is 0 Å². The second kappa shape index (κ2) is 4.61. The highest BCUT2D eigenvalue weighted by molar-refractivity contribution is 5.82. The van der Waals surface area contributed by atoms with Gasteiger partial charge >= 0.3 is 0 Å². The highest BCUT2D eigenvalue weighted by atomic mass is 15.1. The molecule has 0 unspecified atom stereocenters. The van der Waals surface area contributed by atoms with Crippen molar-refractivity contribution in [3.05, 3.63) is 42.1 Å². The Labute approximate surface area is 94.2 Å². The van der Waals surface area contributed by atoms with Gasteiger partial charge in [-0.05, 0) is 11.6 Å². The molecule has 0 atom stereocenters. The van der Waals surface area contributed by atoms with E-state index in [-0.39, 0.29) is 0 Å². The van der Waals surface area contributed by atoms with Crippen LogP contribution in [-0.2, 0) is 6.54 Å². The maximum absolute atomic E-state index is 5.58. The molecule has 16 heavy (non-hydrogen) atoms. The Bertz CT molecular complexity index is 514. The summed E-state index contributed by atoms with van der Waals surface area (Å²) in [6.45, 7) is 0.636. The maximum atomic E-state index is 5.58.